The number of hydrogen-bond acceptors (Lipinski definition) is 6. The summed E-state index contributed by atoms with van der Waals surface area (Å²) < 4.78 is 5.16. The topological polar surface area (TPSA) is 81.9 Å². The van der Waals surface area contributed by atoms with Crippen LogP contribution in [0.1, 0.15) is 27.5 Å². The summed E-state index contributed by atoms with van der Waals surface area (Å²) in [6.45, 7) is 3.81. The van der Waals surface area contributed by atoms with Crippen LogP contribution >= 0.6 is 0 Å². The van der Waals surface area contributed by atoms with Gasteiger partial charge in [-0.25, -0.2) is 4.98 Å². The van der Waals surface area contributed by atoms with E-state index in [0.29, 0.717) is 37.6 Å². The Morgan fingerprint density at radius 1 is 1.11 bits per heavy atom. The Bertz CT molecular complexity index is 766. The summed E-state index contributed by atoms with van der Waals surface area (Å²) in [5.74, 6) is 0.0827. The first-order chi connectivity index (χ1) is 13.5. The van der Waals surface area contributed by atoms with Gasteiger partial charge in [0.15, 0.2) is 5.76 Å². The van der Waals surface area contributed by atoms with E-state index < -0.39 is 0 Å². The molecule has 1 fully saturated rings. The number of anilines is 1. The molecule has 0 radical (unpaired) electrons. The van der Waals surface area contributed by atoms with Crippen molar-refractivity contribution >= 4 is 17.5 Å². The Morgan fingerprint density at radius 2 is 1.82 bits per heavy atom. The third-order valence-corrected chi connectivity index (χ3v) is 4.68. The van der Waals surface area contributed by atoms with Gasteiger partial charge < -0.3 is 24.4 Å². The van der Waals surface area contributed by atoms with Crippen LogP contribution in [-0.4, -0.2) is 84.9 Å². The predicted octanol–water partition coefficient (Wildman–Crippen LogP) is 1.64. The first-order valence-corrected chi connectivity index (χ1v) is 9.51. The fourth-order valence-electron chi connectivity index (χ4n) is 3.08. The highest BCUT2D eigenvalue weighted by molar-refractivity contribution is 5.93. The molecule has 1 N–H and O–H groups in total. The molecule has 0 bridgehead atoms. The van der Waals surface area contributed by atoms with Crippen molar-refractivity contribution in [3.63, 3.8) is 0 Å². The lowest BCUT2D eigenvalue weighted by atomic mass is 10.2. The van der Waals surface area contributed by atoms with Crippen LogP contribution in [0.4, 0.5) is 5.69 Å². The maximum absolute atomic E-state index is 12.7. The molecule has 3 heterocycles. The second-order valence-electron chi connectivity index (χ2n) is 7.08. The number of nitrogens with zero attached hydrogens (tertiary/aromatic N) is 4. The number of pyridine rings is 1. The largest absolute Gasteiger partial charge is 0.459 e. The normalized spacial score (nSPS) is 14.4. The molecule has 0 aromatic carbocycles. The van der Waals surface area contributed by atoms with Gasteiger partial charge in [-0.3, -0.25) is 9.59 Å². The second-order valence-corrected chi connectivity index (χ2v) is 7.08. The Labute approximate surface area is 165 Å². The summed E-state index contributed by atoms with van der Waals surface area (Å²) in [4.78, 5) is 34.8. The minimum atomic E-state index is -0.139. The highest BCUT2D eigenvalue weighted by atomic mass is 16.3. The molecular formula is C20H27N5O3. The van der Waals surface area contributed by atoms with E-state index in [1.165, 1.54) is 6.26 Å². The zero-order chi connectivity index (χ0) is 19.9. The number of piperazine rings is 1. The van der Waals surface area contributed by atoms with Crippen molar-refractivity contribution in [1.29, 1.82) is 0 Å². The number of amides is 2. The van der Waals surface area contributed by atoms with Crippen molar-refractivity contribution in [2.24, 2.45) is 0 Å². The van der Waals surface area contributed by atoms with Gasteiger partial charge in [-0.2, -0.15) is 0 Å². The lowest BCUT2D eigenvalue weighted by Gasteiger charge is -2.34. The first kappa shape index (κ1) is 19.9. The molecule has 8 nitrogen and oxygen atoms in total. The molecule has 8 heteroatoms. The number of rotatable bonds is 7. The SMILES string of the molecule is CN(C)CCCNc1ccc(C(=O)N2CCN(C(=O)c3ccco3)CC2)nc1. The third kappa shape index (κ3) is 5.10. The summed E-state index contributed by atoms with van der Waals surface area (Å²) in [7, 11) is 4.10. The molecule has 0 atom stereocenters. The van der Waals surface area contributed by atoms with Crippen LogP contribution in [-0.2, 0) is 0 Å². The summed E-state index contributed by atoms with van der Waals surface area (Å²) in [6, 6.07) is 6.98. The highest BCUT2D eigenvalue weighted by Crippen LogP contribution is 2.13. The van der Waals surface area contributed by atoms with Crippen molar-refractivity contribution in [3.05, 3.63) is 48.2 Å². The minimum Gasteiger partial charge on any atom is -0.459 e. The minimum absolute atomic E-state index is 0.107. The number of hydrogen-bond donors (Lipinski definition) is 1. The maximum atomic E-state index is 12.7. The summed E-state index contributed by atoms with van der Waals surface area (Å²) in [5.41, 5.74) is 1.33. The molecule has 3 rings (SSSR count). The van der Waals surface area contributed by atoms with Crippen molar-refractivity contribution in [3.8, 4) is 0 Å². The first-order valence-electron chi connectivity index (χ1n) is 9.51. The fraction of sp³-hybridized carbons (Fsp3) is 0.450. The van der Waals surface area contributed by atoms with Crippen molar-refractivity contribution < 1.29 is 14.0 Å². The van der Waals surface area contributed by atoms with E-state index in [-0.39, 0.29) is 11.8 Å². The van der Waals surface area contributed by atoms with Crippen LogP contribution in [0.15, 0.2) is 41.1 Å². The smallest absolute Gasteiger partial charge is 0.289 e. The van der Waals surface area contributed by atoms with E-state index in [9.17, 15) is 9.59 Å². The third-order valence-electron chi connectivity index (χ3n) is 4.68. The van der Waals surface area contributed by atoms with Gasteiger partial charge in [0.2, 0.25) is 0 Å². The summed E-state index contributed by atoms with van der Waals surface area (Å²) in [5, 5.41) is 3.31. The zero-order valence-corrected chi connectivity index (χ0v) is 16.4. The quantitative estimate of drug-likeness (QED) is 0.730. The van der Waals surface area contributed by atoms with E-state index in [2.05, 4.69) is 29.3 Å². The fourth-order valence-corrected chi connectivity index (χ4v) is 3.08. The molecular weight excluding hydrogens is 358 g/mol. The van der Waals surface area contributed by atoms with Crippen molar-refractivity contribution in [1.82, 2.24) is 19.7 Å². The van der Waals surface area contributed by atoms with Crippen molar-refractivity contribution in [2.45, 2.75) is 6.42 Å². The Balaban J connectivity index is 1.47. The van der Waals surface area contributed by atoms with Crippen LogP contribution in [0.5, 0.6) is 0 Å². The van der Waals surface area contributed by atoms with Crippen LogP contribution < -0.4 is 5.32 Å². The number of furan rings is 1. The van der Waals surface area contributed by atoms with E-state index in [1.54, 1.807) is 34.2 Å². The molecule has 0 spiro atoms. The van der Waals surface area contributed by atoms with Gasteiger partial charge in [-0.05, 0) is 51.3 Å². The van der Waals surface area contributed by atoms with Crippen LogP contribution in [0, 0.1) is 0 Å². The standard InChI is InChI=1S/C20H27N5O3/c1-23(2)9-4-8-21-16-6-7-17(22-15-16)19(26)24-10-12-25(13-11-24)20(27)18-5-3-14-28-18/h3,5-7,14-15,21H,4,8-13H2,1-2H3. The van der Waals surface area contributed by atoms with Gasteiger partial charge in [-0.15, -0.1) is 0 Å². The number of aromatic nitrogens is 1. The average Bonchev–Trinajstić information content (AvgIpc) is 3.25. The van der Waals surface area contributed by atoms with Crippen LogP contribution in [0.2, 0.25) is 0 Å². The Hall–Kier alpha value is -2.87. The molecule has 2 aromatic heterocycles. The monoisotopic (exact) mass is 385 g/mol. The van der Waals surface area contributed by atoms with Gasteiger partial charge in [-0.1, -0.05) is 0 Å². The number of nitrogens with one attached hydrogen (secondary N) is 1. The highest BCUT2D eigenvalue weighted by Gasteiger charge is 2.27. The molecule has 2 aromatic rings. The number of carbonyl (C=O) groups excluding carboxylic acids is 2. The van der Waals surface area contributed by atoms with Crippen LogP contribution in [0.3, 0.4) is 0 Å². The predicted molar refractivity (Wildman–Crippen MR) is 106 cm³/mol. The second kappa shape index (κ2) is 9.36. The van der Waals surface area contributed by atoms with Gasteiger partial charge in [0, 0.05) is 32.7 Å². The van der Waals surface area contributed by atoms with Gasteiger partial charge in [0.1, 0.15) is 5.69 Å². The van der Waals surface area contributed by atoms with Gasteiger partial charge in [0.05, 0.1) is 18.1 Å². The molecule has 1 aliphatic heterocycles. The van der Waals surface area contributed by atoms with Gasteiger partial charge in [0.25, 0.3) is 11.8 Å². The van der Waals surface area contributed by atoms with E-state index in [0.717, 1.165) is 25.2 Å². The van der Waals surface area contributed by atoms with E-state index in [1.807, 2.05) is 6.07 Å². The molecule has 2 amide bonds. The molecule has 28 heavy (non-hydrogen) atoms. The molecule has 1 saturated heterocycles. The molecule has 0 unspecified atom stereocenters. The molecule has 1 aliphatic rings. The van der Waals surface area contributed by atoms with Crippen LogP contribution in [0.25, 0.3) is 0 Å². The lowest BCUT2D eigenvalue weighted by Crippen LogP contribution is -2.50. The summed E-state index contributed by atoms with van der Waals surface area (Å²) in [6.07, 6.45) is 4.22. The average molecular weight is 385 g/mol. The number of carbonyl (C=O) groups is 2. The van der Waals surface area contributed by atoms with Gasteiger partial charge >= 0.3 is 0 Å². The van der Waals surface area contributed by atoms with E-state index >= 15 is 0 Å². The summed E-state index contributed by atoms with van der Waals surface area (Å²) >= 11 is 0. The zero-order valence-electron chi connectivity index (χ0n) is 16.4. The molecule has 150 valence electrons. The Morgan fingerprint density at radius 3 is 2.39 bits per heavy atom. The maximum Gasteiger partial charge on any atom is 0.289 e. The van der Waals surface area contributed by atoms with Crippen molar-refractivity contribution in [2.75, 3.05) is 58.7 Å². The van der Waals surface area contributed by atoms with E-state index in [4.69, 9.17) is 4.42 Å². The molecule has 0 aliphatic carbocycles. The lowest BCUT2D eigenvalue weighted by molar-refractivity contribution is 0.0515. The Kier molecular flexibility index (Phi) is 6.65. The molecule has 0 saturated carbocycles.